The highest BCUT2D eigenvalue weighted by Crippen LogP contribution is 2.33. The minimum absolute atomic E-state index is 0.0445. The van der Waals surface area contributed by atoms with Crippen molar-refractivity contribution in [1.29, 1.82) is 0 Å². The normalized spacial score (nSPS) is 34.5. The summed E-state index contributed by atoms with van der Waals surface area (Å²) in [4.78, 5) is 96.4. The molecule has 4 saturated heterocycles. The first-order chi connectivity index (χ1) is 49.2. The Morgan fingerprint density at radius 2 is 1.22 bits per heavy atom. The molecule has 4 fully saturated rings. The molecule has 10 rings (SSSR count). The van der Waals surface area contributed by atoms with Gasteiger partial charge < -0.3 is 153 Å². The third-order valence-electron chi connectivity index (χ3n) is 18.7. The maximum absolute atomic E-state index is 15.2. The zero-order valence-corrected chi connectivity index (χ0v) is 55.4. The number of amides is 6. The Labute approximate surface area is 586 Å². The summed E-state index contributed by atoms with van der Waals surface area (Å²) in [5, 5.41) is 162. The second-order valence-electron chi connectivity index (χ2n) is 25.6. The van der Waals surface area contributed by atoms with Crippen molar-refractivity contribution < 1.29 is 128 Å². The highest BCUT2D eigenvalue weighted by atomic mass is 16.7. The van der Waals surface area contributed by atoms with Crippen molar-refractivity contribution in [3.63, 3.8) is 0 Å². The van der Waals surface area contributed by atoms with Gasteiger partial charge in [-0.05, 0) is 57.8 Å². The Hall–Kier alpha value is -8.62. The Morgan fingerprint density at radius 1 is 0.602 bits per heavy atom. The van der Waals surface area contributed by atoms with Crippen LogP contribution in [0.15, 0.2) is 101 Å². The van der Waals surface area contributed by atoms with Crippen molar-refractivity contribution in [2.24, 2.45) is 21.5 Å². The van der Waals surface area contributed by atoms with Crippen molar-refractivity contribution in [2.75, 3.05) is 46.6 Å². The average molecular weight is 1450 g/mol. The van der Waals surface area contributed by atoms with Gasteiger partial charge in [-0.15, -0.1) is 0 Å². The lowest BCUT2D eigenvalue weighted by atomic mass is 9.92. The van der Waals surface area contributed by atoms with Crippen molar-refractivity contribution in [3.8, 4) is 11.5 Å². The summed E-state index contributed by atoms with van der Waals surface area (Å²) in [5.41, 5.74) is 13.6. The van der Waals surface area contributed by atoms with Crippen LogP contribution in [0.1, 0.15) is 29.5 Å². The molecule has 6 aliphatic heterocycles. The van der Waals surface area contributed by atoms with Crippen LogP contribution in [0.5, 0.6) is 11.5 Å². The largest absolute Gasteiger partial charge is 0.497 e. The first-order valence-corrected chi connectivity index (χ1v) is 32.9. The van der Waals surface area contributed by atoms with E-state index in [0.29, 0.717) is 11.3 Å². The van der Waals surface area contributed by atoms with E-state index < -0.39 is 227 Å². The number of aliphatic imine (C=N–C) groups is 2. The fourth-order valence-electron chi connectivity index (χ4n) is 12.7. The number of benzene rings is 4. The van der Waals surface area contributed by atoms with E-state index in [1.54, 1.807) is 50.4 Å². The van der Waals surface area contributed by atoms with Gasteiger partial charge in [0.15, 0.2) is 30.7 Å². The maximum atomic E-state index is 15.2. The van der Waals surface area contributed by atoms with Gasteiger partial charge in [-0.25, -0.2) is 4.99 Å². The number of guanidine groups is 2. The SMILES string of the molecule is COc1ccc2cc(COC[C@H]3O[C@H](O[C@H]4[C@H](O)[C@H](O)[C@@H](Oc5ccc(C[C@H]6NC(=O)[C@H]([C@@H](C)c7ccccc7)NC(=O)CNC(=O)[C@H](CO)NC(=O)[C@@H]([C@@H](O)[C@@H]7CN=C(N)N7[C@H]7O[C@H](O)[C@@H](O)[C@H](O)[C@@H]7O)NC(=O)[C@H]([C@@H](O)[C@@H]7CNC(N)=N7)NC6=O)cc5)O[C@@H]4CO)[C@@H](O)[C@@H](O)[C@@H]3O)ccc2c1. The molecule has 25 atom stereocenters. The molecule has 0 aliphatic carbocycles. The van der Waals surface area contributed by atoms with Gasteiger partial charge >= 0.3 is 0 Å². The van der Waals surface area contributed by atoms with E-state index in [2.05, 4.69) is 47.2 Å². The summed E-state index contributed by atoms with van der Waals surface area (Å²) in [7, 11) is 1.56. The van der Waals surface area contributed by atoms with Gasteiger partial charge in [-0.2, -0.15) is 0 Å². The number of carbonyl (C=O) groups is 6. The summed E-state index contributed by atoms with van der Waals surface area (Å²) in [5.74, 6) is -8.42. The lowest BCUT2D eigenvalue weighted by molar-refractivity contribution is -0.353. The summed E-state index contributed by atoms with van der Waals surface area (Å²) < 4.78 is 40.1. The minimum Gasteiger partial charge on any atom is -0.497 e. The number of nitrogens with one attached hydrogen (secondary N) is 7. The van der Waals surface area contributed by atoms with Crippen molar-refractivity contribution in [3.05, 3.63) is 108 Å². The van der Waals surface area contributed by atoms with E-state index in [9.17, 15) is 85.6 Å². The number of hydrogen-bond acceptors (Lipinski definition) is 32. The number of nitrogens with zero attached hydrogens (tertiary/aromatic N) is 3. The number of fused-ring (bicyclic) bond motifs is 1. The molecular weight excluding hydrogens is 1360 g/mol. The molecule has 4 aromatic carbocycles. The smallest absolute Gasteiger partial charge is 0.246 e. The van der Waals surface area contributed by atoms with E-state index in [1.807, 2.05) is 30.3 Å². The summed E-state index contributed by atoms with van der Waals surface area (Å²) in [6.45, 7) is -2.49. The number of ether oxygens (including phenoxy) is 7. The molecule has 0 bridgehead atoms. The fraction of sp³-hybridized carbons (Fsp3) is 0.538. The number of aliphatic hydroxyl groups is 13. The molecule has 6 aliphatic rings. The van der Waals surface area contributed by atoms with E-state index in [4.69, 9.17) is 44.6 Å². The lowest BCUT2D eigenvalue weighted by Gasteiger charge is -2.46. The van der Waals surface area contributed by atoms with Crippen molar-refractivity contribution >= 4 is 58.1 Å². The Kier molecular flexibility index (Phi) is 25.3. The van der Waals surface area contributed by atoms with E-state index in [-0.39, 0.29) is 37.0 Å². The number of rotatable bonds is 20. The van der Waals surface area contributed by atoms with Gasteiger partial charge in [0, 0.05) is 18.9 Å². The topological polar surface area (TPSA) is 594 Å². The molecule has 38 heteroatoms. The van der Waals surface area contributed by atoms with E-state index in [0.717, 1.165) is 21.2 Å². The predicted octanol–water partition coefficient (Wildman–Crippen LogP) is -10.3. The van der Waals surface area contributed by atoms with Gasteiger partial charge in [-0.3, -0.25) is 33.8 Å². The molecule has 103 heavy (non-hydrogen) atoms. The van der Waals surface area contributed by atoms with Crippen molar-refractivity contribution in [2.45, 2.75) is 173 Å². The standard InChI is InChI=1S/C65H86N12O26/c1-26(29-6-4-3-5-7-29)41-57(93)71-34(17-27-9-13-32(14-10-27)99-62-53(90)49(86)54(38(23-79)100-62)102-63-52(89)47(84)46(83)39(101-63)25-98-24-28-8-11-31-18-33(97-2)15-12-30(31)16-28)56(92)75-42(44(81)35-19-69-64(66)73-35)59(95)76-43(58(94)72-36(22-78)55(91)68-21-40(80)74-41)45(82)37-20-70-65(67)77(37)60-50(87)48(85)51(88)61(96)103-60/h3-16,18,26,34-39,41-54,60-63,78-79,81-90,96H,17,19-25H2,1-2H3,(H2,67,70)(H,68,91)(H,71,93)(H,72,94)(H,74,80)(H,75,92)(H,76,95)(H3,66,69,73)/t26-,34+,35-,36-,37-,38+,39+,41-,42-,43+,44-,45-,46+,47-,48+,49+,50-,51-,52-,53-,54+,60-,61-,62-,63+/m0/s1. The molecule has 0 aromatic heterocycles. The van der Waals surface area contributed by atoms with Crippen LogP contribution in [0.4, 0.5) is 0 Å². The summed E-state index contributed by atoms with van der Waals surface area (Å²) >= 11 is 0. The maximum Gasteiger partial charge on any atom is 0.246 e. The highest BCUT2D eigenvalue weighted by molar-refractivity contribution is 5.98. The molecule has 0 unspecified atom stereocenters. The number of hydrogen-bond donors (Lipinski definition) is 22. The van der Waals surface area contributed by atoms with E-state index >= 15 is 9.59 Å². The van der Waals surface area contributed by atoms with Crippen LogP contribution in [-0.4, -0.2) is 312 Å². The number of aliphatic hydroxyl groups excluding tert-OH is 13. The molecule has 0 spiro atoms. The van der Waals surface area contributed by atoms with Gasteiger partial charge in [0.2, 0.25) is 41.7 Å². The molecule has 6 amide bonds. The third kappa shape index (κ3) is 17.6. The Bertz CT molecular complexity index is 3680. The van der Waals surface area contributed by atoms with E-state index in [1.165, 1.54) is 24.3 Å². The fourth-order valence-corrected chi connectivity index (χ4v) is 12.7. The second kappa shape index (κ2) is 33.9. The zero-order valence-electron chi connectivity index (χ0n) is 55.4. The molecular formula is C65H86N12O26. The van der Waals surface area contributed by atoms with Crippen LogP contribution in [0, 0.1) is 0 Å². The number of methoxy groups -OCH3 is 1. The minimum atomic E-state index is -2.37. The second-order valence-corrected chi connectivity index (χ2v) is 25.6. The molecule has 562 valence electrons. The first-order valence-electron chi connectivity index (χ1n) is 32.9. The number of carbonyl (C=O) groups excluding carboxylic acids is 6. The molecule has 4 aromatic rings. The first kappa shape index (κ1) is 77.0. The third-order valence-corrected chi connectivity index (χ3v) is 18.7. The zero-order chi connectivity index (χ0) is 74.2. The van der Waals surface area contributed by atoms with Crippen LogP contribution >= 0.6 is 0 Å². The predicted molar refractivity (Wildman–Crippen MR) is 351 cm³/mol. The van der Waals surface area contributed by atoms with Gasteiger partial charge in [0.05, 0.1) is 58.7 Å². The average Bonchev–Trinajstić information content (AvgIpc) is 1.73. The highest BCUT2D eigenvalue weighted by Gasteiger charge is 2.54. The van der Waals surface area contributed by atoms with Crippen LogP contribution < -0.4 is 58.2 Å². The summed E-state index contributed by atoms with van der Waals surface area (Å²) in [6, 6.07) is 11.8. The molecule has 38 nitrogen and oxygen atoms in total. The van der Waals surface area contributed by atoms with Crippen LogP contribution in [0.3, 0.4) is 0 Å². The monoisotopic (exact) mass is 1450 g/mol. The lowest BCUT2D eigenvalue weighted by Crippen LogP contribution is -2.70. The summed E-state index contributed by atoms with van der Waals surface area (Å²) in [6.07, 6.45) is -32.7. The van der Waals surface area contributed by atoms with Crippen LogP contribution in [0.25, 0.3) is 10.8 Å². The Morgan fingerprint density at radius 3 is 1.91 bits per heavy atom. The molecule has 24 N–H and O–H groups in total. The van der Waals surface area contributed by atoms with Gasteiger partial charge in [0.1, 0.15) is 121 Å². The molecule has 6 heterocycles. The van der Waals surface area contributed by atoms with Gasteiger partial charge in [-0.1, -0.05) is 67.6 Å². The quantitative estimate of drug-likeness (QED) is 0.0391. The van der Waals surface area contributed by atoms with Crippen LogP contribution in [-0.2, 0) is 65.5 Å². The number of nitrogens with two attached hydrogens (primary N) is 2. The molecule has 0 radical (unpaired) electrons. The van der Waals surface area contributed by atoms with Crippen LogP contribution in [0.2, 0.25) is 0 Å². The van der Waals surface area contributed by atoms with Gasteiger partial charge in [0.25, 0.3) is 0 Å². The Balaban J connectivity index is 0.889. The van der Waals surface area contributed by atoms with Crippen molar-refractivity contribution in [1.82, 2.24) is 42.1 Å². The molecule has 0 saturated carbocycles.